The topological polar surface area (TPSA) is 54.3 Å². The first-order chi connectivity index (χ1) is 15.0. The summed E-state index contributed by atoms with van der Waals surface area (Å²) in [4.78, 5) is 17.4. The van der Waals surface area contributed by atoms with E-state index < -0.39 is 0 Å². The Balaban J connectivity index is 1.32. The van der Waals surface area contributed by atoms with Crippen LogP contribution >= 0.6 is 11.8 Å². The van der Waals surface area contributed by atoms with E-state index in [4.69, 9.17) is 0 Å². The first kappa shape index (κ1) is 21.6. The first-order valence-corrected chi connectivity index (χ1v) is 11.6. The van der Waals surface area contributed by atoms with Crippen molar-refractivity contribution in [3.63, 3.8) is 0 Å². The largest absolute Gasteiger partial charge is 0.339 e. The Hall–Kier alpha value is -2.64. The molecule has 1 aliphatic heterocycles. The molecule has 1 aliphatic rings. The van der Waals surface area contributed by atoms with Crippen LogP contribution in [0.3, 0.4) is 0 Å². The molecule has 4 rings (SSSR count). The number of amides is 1. The van der Waals surface area contributed by atoms with Crippen molar-refractivity contribution in [2.24, 2.45) is 7.05 Å². The third-order valence-electron chi connectivity index (χ3n) is 5.71. The summed E-state index contributed by atoms with van der Waals surface area (Å²) in [5.41, 5.74) is 3.56. The lowest BCUT2D eigenvalue weighted by Gasteiger charge is -2.35. The van der Waals surface area contributed by atoms with Gasteiger partial charge in [0, 0.05) is 45.3 Å². The molecule has 0 radical (unpaired) electrons. The predicted octanol–water partition coefficient (Wildman–Crippen LogP) is 3.62. The normalized spacial score (nSPS) is 15.8. The van der Waals surface area contributed by atoms with Gasteiger partial charge in [-0.05, 0) is 19.4 Å². The minimum atomic E-state index is -0.200. The molecule has 1 fully saturated rings. The Morgan fingerprint density at radius 3 is 2.35 bits per heavy atom. The summed E-state index contributed by atoms with van der Waals surface area (Å²) in [6.07, 6.45) is 0. The molecule has 2 heterocycles. The summed E-state index contributed by atoms with van der Waals surface area (Å²) in [7, 11) is 1.96. The van der Waals surface area contributed by atoms with Gasteiger partial charge in [0.15, 0.2) is 11.0 Å². The van der Waals surface area contributed by atoms with Crippen LogP contribution in [0.1, 0.15) is 18.1 Å². The van der Waals surface area contributed by atoms with Gasteiger partial charge in [0.1, 0.15) is 0 Å². The molecule has 6 nitrogen and oxygen atoms in total. The second-order valence-electron chi connectivity index (χ2n) is 8.08. The van der Waals surface area contributed by atoms with Crippen LogP contribution < -0.4 is 0 Å². The molecule has 162 valence electrons. The van der Waals surface area contributed by atoms with Crippen LogP contribution in [-0.2, 0) is 18.4 Å². The number of hydrogen-bond acceptors (Lipinski definition) is 5. The molecule has 2 aromatic carbocycles. The Labute approximate surface area is 188 Å². The van der Waals surface area contributed by atoms with E-state index in [0.717, 1.165) is 49.3 Å². The lowest BCUT2D eigenvalue weighted by Crippen LogP contribution is -2.50. The Morgan fingerprint density at radius 2 is 1.68 bits per heavy atom. The van der Waals surface area contributed by atoms with Gasteiger partial charge in [-0.1, -0.05) is 71.9 Å². The summed E-state index contributed by atoms with van der Waals surface area (Å²) in [6.45, 7) is 8.31. The van der Waals surface area contributed by atoms with E-state index in [0.29, 0.717) is 0 Å². The zero-order valence-corrected chi connectivity index (χ0v) is 19.2. The third-order valence-corrected chi connectivity index (χ3v) is 6.83. The van der Waals surface area contributed by atoms with Crippen molar-refractivity contribution in [2.45, 2.75) is 30.8 Å². The van der Waals surface area contributed by atoms with Crippen molar-refractivity contribution in [1.82, 2.24) is 24.6 Å². The number of thioether (sulfide) groups is 1. The average molecular weight is 436 g/mol. The van der Waals surface area contributed by atoms with Gasteiger partial charge < -0.3 is 9.47 Å². The fourth-order valence-electron chi connectivity index (χ4n) is 3.81. The third kappa shape index (κ3) is 5.17. The van der Waals surface area contributed by atoms with E-state index in [9.17, 15) is 4.79 Å². The van der Waals surface area contributed by atoms with Crippen molar-refractivity contribution in [3.05, 3.63) is 65.7 Å². The van der Waals surface area contributed by atoms with E-state index in [1.165, 1.54) is 22.9 Å². The van der Waals surface area contributed by atoms with Gasteiger partial charge in [-0.3, -0.25) is 9.69 Å². The number of aromatic nitrogens is 3. The second kappa shape index (κ2) is 9.66. The van der Waals surface area contributed by atoms with Gasteiger partial charge in [0.25, 0.3) is 0 Å². The molecule has 0 aliphatic carbocycles. The molecule has 0 spiro atoms. The van der Waals surface area contributed by atoms with E-state index in [2.05, 4.69) is 70.6 Å². The number of hydrogen-bond donors (Lipinski definition) is 0. The van der Waals surface area contributed by atoms with Crippen molar-refractivity contribution >= 4 is 17.7 Å². The quantitative estimate of drug-likeness (QED) is 0.554. The van der Waals surface area contributed by atoms with Crippen LogP contribution in [0.2, 0.25) is 0 Å². The van der Waals surface area contributed by atoms with Crippen molar-refractivity contribution in [3.8, 4) is 11.4 Å². The van der Waals surface area contributed by atoms with Gasteiger partial charge in [-0.15, -0.1) is 10.2 Å². The smallest absolute Gasteiger partial charge is 0.235 e. The minimum absolute atomic E-state index is 0.171. The van der Waals surface area contributed by atoms with E-state index in [1.807, 2.05) is 29.5 Å². The first-order valence-electron chi connectivity index (χ1n) is 10.7. The number of benzene rings is 2. The van der Waals surface area contributed by atoms with Crippen LogP contribution in [0, 0.1) is 6.92 Å². The summed E-state index contributed by atoms with van der Waals surface area (Å²) in [5, 5.41) is 9.25. The molecule has 7 heteroatoms. The van der Waals surface area contributed by atoms with Gasteiger partial charge in [-0.2, -0.15) is 0 Å². The van der Waals surface area contributed by atoms with Gasteiger partial charge >= 0.3 is 0 Å². The molecule has 31 heavy (non-hydrogen) atoms. The summed E-state index contributed by atoms with van der Waals surface area (Å²) in [5.74, 6) is 0.987. The molecule has 0 bridgehead atoms. The Kier molecular flexibility index (Phi) is 6.73. The number of carbonyl (C=O) groups is 1. The van der Waals surface area contributed by atoms with E-state index in [-0.39, 0.29) is 11.2 Å². The molecular weight excluding hydrogens is 406 g/mol. The molecule has 0 unspecified atom stereocenters. The van der Waals surface area contributed by atoms with Crippen LogP contribution in [0.5, 0.6) is 0 Å². The summed E-state index contributed by atoms with van der Waals surface area (Å²) >= 11 is 1.48. The van der Waals surface area contributed by atoms with Crippen molar-refractivity contribution in [1.29, 1.82) is 0 Å². The lowest BCUT2D eigenvalue weighted by atomic mass is 10.1. The number of carbonyl (C=O) groups excluding carboxylic acids is 1. The molecule has 1 saturated heterocycles. The Bertz CT molecular complexity index is 1010. The highest BCUT2D eigenvalue weighted by Crippen LogP contribution is 2.27. The second-order valence-corrected chi connectivity index (χ2v) is 9.39. The van der Waals surface area contributed by atoms with E-state index in [1.54, 1.807) is 0 Å². The zero-order chi connectivity index (χ0) is 21.8. The highest BCUT2D eigenvalue weighted by Gasteiger charge is 2.27. The molecular formula is C24H29N5OS. The fourth-order valence-corrected chi connectivity index (χ4v) is 4.70. The fraction of sp³-hybridized carbons (Fsp3) is 0.375. The zero-order valence-electron chi connectivity index (χ0n) is 18.4. The van der Waals surface area contributed by atoms with Crippen LogP contribution in [0.15, 0.2) is 59.8 Å². The van der Waals surface area contributed by atoms with Gasteiger partial charge in [-0.25, -0.2) is 0 Å². The number of rotatable bonds is 6. The molecule has 1 amide bonds. The minimum Gasteiger partial charge on any atom is -0.339 e. The van der Waals surface area contributed by atoms with Gasteiger partial charge in [0.2, 0.25) is 5.91 Å². The van der Waals surface area contributed by atoms with Crippen LogP contribution in [-0.4, -0.2) is 61.9 Å². The average Bonchev–Trinajstić information content (AvgIpc) is 3.15. The molecule has 3 aromatic rings. The maximum absolute atomic E-state index is 13.0. The summed E-state index contributed by atoms with van der Waals surface area (Å²) in [6, 6.07) is 18.7. The molecule has 0 N–H and O–H groups in total. The van der Waals surface area contributed by atoms with Crippen LogP contribution in [0.25, 0.3) is 11.4 Å². The molecule has 1 aromatic heterocycles. The van der Waals surface area contributed by atoms with Crippen LogP contribution in [0.4, 0.5) is 0 Å². The predicted molar refractivity (Wildman–Crippen MR) is 125 cm³/mol. The molecule has 0 saturated carbocycles. The number of piperazine rings is 1. The van der Waals surface area contributed by atoms with Crippen molar-refractivity contribution in [2.75, 3.05) is 26.2 Å². The maximum atomic E-state index is 13.0. The van der Waals surface area contributed by atoms with E-state index >= 15 is 0 Å². The SMILES string of the molecule is Cc1ccc(-c2nnc(S[C@@H](C)C(=O)N3CCN(Cc4ccccc4)CC3)n2C)cc1. The van der Waals surface area contributed by atoms with Crippen molar-refractivity contribution < 1.29 is 4.79 Å². The summed E-state index contributed by atoms with van der Waals surface area (Å²) < 4.78 is 1.97. The monoisotopic (exact) mass is 435 g/mol. The maximum Gasteiger partial charge on any atom is 0.235 e. The molecule has 1 atom stereocenters. The highest BCUT2D eigenvalue weighted by molar-refractivity contribution is 8.00. The number of nitrogens with zero attached hydrogens (tertiary/aromatic N) is 5. The Morgan fingerprint density at radius 1 is 1.00 bits per heavy atom. The number of aryl methyl sites for hydroxylation is 1. The highest BCUT2D eigenvalue weighted by atomic mass is 32.2. The lowest BCUT2D eigenvalue weighted by molar-refractivity contribution is -0.132. The standard InChI is InChI=1S/C24H29N5OS/c1-18-9-11-21(12-10-18)22-25-26-24(27(22)3)31-19(2)23(30)29-15-13-28(14-16-29)17-20-7-5-4-6-8-20/h4-12,19H,13-17H2,1-3H3/t19-/m0/s1. The van der Waals surface area contributed by atoms with Gasteiger partial charge in [0.05, 0.1) is 5.25 Å².